The Morgan fingerprint density at radius 1 is 1.05 bits per heavy atom. The summed E-state index contributed by atoms with van der Waals surface area (Å²) in [6.07, 6.45) is 2.08. The second-order valence-electron chi connectivity index (χ2n) is 4.71. The van der Waals surface area contributed by atoms with Crippen LogP contribution in [-0.2, 0) is 16.3 Å². The van der Waals surface area contributed by atoms with Crippen LogP contribution in [0.15, 0.2) is 66.1 Å². The van der Waals surface area contributed by atoms with Gasteiger partial charge in [-0.3, -0.25) is 0 Å². The second kappa shape index (κ2) is 4.35. The number of hydrogen-bond acceptors (Lipinski definition) is 2. The van der Waals surface area contributed by atoms with Crippen LogP contribution in [0.5, 0.6) is 0 Å². The Morgan fingerprint density at radius 3 is 2.21 bits per heavy atom. The molecule has 0 fully saturated rings. The van der Waals surface area contributed by atoms with E-state index in [0.717, 1.165) is 5.56 Å². The van der Waals surface area contributed by atoms with Gasteiger partial charge in [-0.15, -0.1) is 6.58 Å². The first-order valence-electron chi connectivity index (χ1n) is 6.18. The van der Waals surface area contributed by atoms with E-state index in [2.05, 4.69) is 30.8 Å². The summed E-state index contributed by atoms with van der Waals surface area (Å²) in [6.45, 7) is 3.54. The van der Waals surface area contributed by atoms with Gasteiger partial charge in [0, 0.05) is 0 Å². The topological polar surface area (TPSA) is 34.1 Å². The molecular weight excluding hydrogens is 256 g/mol. The largest absolute Gasteiger partial charge is 0.223 e. The zero-order valence-electron chi connectivity index (χ0n) is 10.4. The van der Waals surface area contributed by atoms with Gasteiger partial charge in [-0.1, -0.05) is 42.5 Å². The highest BCUT2D eigenvalue weighted by atomic mass is 32.2. The lowest BCUT2D eigenvalue weighted by molar-refractivity contribution is 0.594. The van der Waals surface area contributed by atoms with E-state index in [9.17, 15) is 8.42 Å². The molecule has 3 heteroatoms. The highest BCUT2D eigenvalue weighted by molar-refractivity contribution is 7.92. The minimum absolute atomic E-state index is 0.426. The quantitative estimate of drug-likeness (QED) is 0.636. The molecular formula is C16H14O2S. The predicted octanol–water partition coefficient (Wildman–Crippen LogP) is 3.24. The first-order chi connectivity index (χ1) is 9.13. The van der Waals surface area contributed by atoms with Crippen molar-refractivity contribution >= 4 is 9.84 Å². The van der Waals surface area contributed by atoms with Crippen molar-refractivity contribution in [2.75, 3.05) is 0 Å². The summed E-state index contributed by atoms with van der Waals surface area (Å²) in [5.41, 5.74) is 3.76. The van der Waals surface area contributed by atoms with Crippen molar-refractivity contribution in [3.05, 3.63) is 66.7 Å². The number of rotatable bonds is 1. The van der Waals surface area contributed by atoms with Gasteiger partial charge in [0.15, 0.2) is 9.84 Å². The van der Waals surface area contributed by atoms with Crippen LogP contribution in [0.25, 0.3) is 11.1 Å². The molecule has 0 amide bonds. The van der Waals surface area contributed by atoms with E-state index in [1.165, 1.54) is 17.2 Å². The van der Waals surface area contributed by atoms with Crippen LogP contribution < -0.4 is 0 Å². The average Bonchev–Trinajstić information content (AvgIpc) is 2.91. The maximum Gasteiger partial charge on any atom is 0.185 e. The summed E-state index contributed by atoms with van der Waals surface area (Å²) in [5, 5.41) is -0.426. The van der Waals surface area contributed by atoms with Crippen molar-refractivity contribution in [3.8, 4) is 11.1 Å². The third-order valence-corrected chi connectivity index (χ3v) is 5.64. The summed E-state index contributed by atoms with van der Waals surface area (Å²) in [5.74, 6) is 0. The van der Waals surface area contributed by atoms with Crippen molar-refractivity contribution in [2.45, 2.75) is 16.6 Å². The SMILES string of the molecule is C=CC1Cc2ccccc2S1(=O)=O.c1cc2cc-2c1. The fourth-order valence-electron chi connectivity index (χ4n) is 2.33. The minimum atomic E-state index is -3.11. The molecule has 1 unspecified atom stereocenters. The number of benzene rings is 2. The molecule has 2 aliphatic carbocycles. The molecule has 1 aromatic rings. The van der Waals surface area contributed by atoms with Crippen LogP contribution in [-0.4, -0.2) is 13.7 Å². The van der Waals surface area contributed by atoms with E-state index in [1.807, 2.05) is 12.1 Å². The molecule has 0 N–H and O–H groups in total. The molecule has 1 aliphatic heterocycles. The molecule has 0 saturated carbocycles. The lowest BCUT2D eigenvalue weighted by atomic mass is 10.1. The summed E-state index contributed by atoms with van der Waals surface area (Å²) in [7, 11) is -3.11. The van der Waals surface area contributed by atoms with Gasteiger partial charge in [-0.2, -0.15) is 0 Å². The van der Waals surface area contributed by atoms with Crippen LogP contribution in [0.3, 0.4) is 0 Å². The molecule has 19 heavy (non-hydrogen) atoms. The zero-order valence-corrected chi connectivity index (χ0v) is 11.2. The molecule has 0 radical (unpaired) electrons. The van der Waals surface area contributed by atoms with Gasteiger partial charge in [0.25, 0.3) is 0 Å². The maximum atomic E-state index is 11.7. The van der Waals surface area contributed by atoms with Crippen molar-refractivity contribution in [1.29, 1.82) is 0 Å². The van der Waals surface area contributed by atoms with Crippen LogP contribution >= 0.6 is 0 Å². The third-order valence-electron chi connectivity index (χ3n) is 3.47. The minimum Gasteiger partial charge on any atom is -0.223 e. The molecule has 2 nitrogen and oxygen atoms in total. The highest BCUT2D eigenvalue weighted by Crippen LogP contribution is 2.32. The molecule has 1 heterocycles. The first kappa shape index (κ1) is 12.2. The summed E-state index contributed by atoms with van der Waals surface area (Å²) >= 11 is 0. The standard InChI is InChI=1S/C10H10O2S.C6H4/c1-2-9-7-8-5-3-4-6-10(8)13(9,11)12;1-2-5-4-6(5)3-1/h2-6,9H,1,7H2;1-4H. The number of fused-ring (bicyclic) bond motifs is 2. The van der Waals surface area contributed by atoms with Gasteiger partial charge in [-0.05, 0) is 35.2 Å². The third kappa shape index (κ3) is 2.10. The van der Waals surface area contributed by atoms with Crippen molar-refractivity contribution in [3.63, 3.8) is 0 Å². The Morgan fingerprint density at radius 2 is 1.74 bits per heavy atom. The Kier molecular flexibility index (Phi) is 2.79. The average molecular weight is 270 g/mol. The molecule has 3 aliphatic rings. The predicted molar refractivity (Wildman–Crippen MR) is 76.8 cm³/mol. The number of sulfone groups is 1. The van der Waals surface area contributed by atoms with E-state index in [4.69, 9.17) is 0 Å². The van der Waals surface area contributed by atoms with Gasteiger partial charge in [-0.25, -0.2) is 8.42 Å². The molecule has 4 rings (SSSR count). The Balaban J connectivity index is 0.000000151. The maximum absolute atomic E-state index is 11.7. The lowest BCUT2D eigenvalue weighted by Gasteiger charge is -2.00. The van der Waals surface area contributed by atoms with E-state index < -0.39 is 15.1 Å². The highest BCUT2D eigenvalue weighted by Gasteiger charge is 2.34. The second-order valence-corrected chi connectivity index (χ2v) is 6.85. The van der Waals surface area contributed by atoms with Gasteiger partial charge < -0.3 is 0 Å². The number of hydrogen-bond donors (Lipinski definition) is 0. The summed E-state index contributed by atoms with van der Waals surface area (Å²) in [6, 6.07) is 15.6. The van der Waals surface area contributed by atoms with Gasteiger partial charge >= 0.3 is 0 Å². The normalized spacial score (nSPS) is 19.9. The smallest absolute Gasteiger partial charge is 0.185 e. The van der Waals surface area contributed by atoms with E-state index in [-0.39, 0.29) is 0 Å². The Hall–Kier alpha value is -1.87. The summed E-state index contributed by atoms with van der Waals surface area (Å²) < 4.78 is 23.5. The van der Waals surface area contributed by atoms with Crippen LogP contribution in [0.2, 0.25) is 0 Å². The lowest BCUT2D eigenvalue weighted by Crippen LogP contribution is -2.12. The van der Waals surface area contributed by atoms with Crippen LogP contribution in [0, 0.1) is 0 Å². The van der Waals surface area contributed by atoms with Crippen molar-refractivity contribution < 1.29 is 8.42 Å². The van der Waals surface area contributed by atoms with Gasteiger partial charge in [0.2, 0.25) is 0 Å². The molecule has 0 bridgehead atoms. The Bertz CT molecular complexity index is 728. The van der Waals surface area contributed by atoms with Gasteiger partial charge in [0.05, 0.1) is 10.1 Å². The summed E-state index contributed by atoms with van der Waals surface area (Å²) in [4.78, 5) is 0.472. The van der Waals surface area contributed by atoms with E-state index in [0.29, 0.717) is 11.3 Å². The molecule has 1 aromatic carbocycles. The molecule has 96 valence electrons. The molecule has 0 saturated heterocycles. The van der Waals surface area contributed by atoms with E-state index >= 15 is 0 Å². The van der Waals surface area contributed by atoms with E-state index in [1.54, 1.807) is 12.1 Å². The first-order valence-corrected chi connectivity index (χ1v) is 7.72. The van der Waals surface area contributed by atoms with Crippen molar-refractivity contribution in [2.24, 2.45) is 0 Å². The fraction of sp³-hybridized carbons (Fsp3) is 0.125. The molecule has 1 atom stereocenters. The van der Waals surface area contributed by atoms with Gasteiger partial charge in [0.1, 0.15) is 0 Å². The fourth-order valence-corrected chi connectivity index (χ4v) is 4.09. The zero-order chi connectivity index (χ0) is 13.5. The van der Waals surface area contributed by atoms with Crippen LogP contribution in [0.1, 0.15) is 5.56 Å². The van der Waals surface area contributed by atoms with Crippen molar-refractivity contribution in [1.82, 2.24) is 0 Å². The monoisotopic (exact) mass is 270 g/mol. The molecule has 0 aromatic heterocycles. The Labute approximate surface area is 113 Å². The molecule has 0 spiro atoms. The van der Waals surface area contributed by atoms with Crippen LogP contribution in [0.4, 0.5) is 0 Å².